The third kappa shape index (κ3) is 6.93. The summed E-state index contributed by atoms with van der Waals surface area (Å²) in [7, 11) is 0. The van der Waals surface area contributed by atoms with E-state index in [-0.39, 0.29) is 24.2 Å². The highest BCUT2D eigenvalue weighted by atomic mass is 16.5. The minimum atomic E-state index is -0.597. The van der Waals surface area contributed by atoms with Gasteiger partial charge >= 0.3 is 0 Å². The van der Waals surface area contributed by atoms with Crippen molar-refractivity contribution in [1.82, 2.24) is 10.6 Å². The van der Waals surface area contributed by atoms with Gasteiger partial charge < -0.3 is 20.5 Å². The fourth-order valence-electron chi connectivity index (χ4n) is 1.36. The van der Waals surface area contributed by atoms with Crippen molar-refractivity contribution < 1.29 is 14.6 Å². The molecule has 0 bridgehead atoms. The average molecular weight is 258 g/mol. The van der Waals surface area contributed by atoms with Gasteiger partial charge in [0.1, 0.15) is 0 Å². The normalized spacial score (nSPS) is 19.4. The number of rotatable bonds is 7. The molecule has 0 aromatic heterocycles. The molecule has 0 spiro atoms. The first-order valence-electron chi connectivity index (χ1n) is 6.64. The summed E-state index contributed by atoms with van der Waals surface area (Å²) >= 11 is 0. The Morgan fingerprint density at radius 3 is 2.56 bits per heavy atom. The number of amides is 1. The second kappa shape index (κ2) is 6.50. The van der Waals surface area contributed by atoms with E-state index in [1.807, 2.05) is 20.8 Å². The molecule has 0 aromatic rings. The Labute approximate surface area is 109 Å². The van der Waals surface area contributed by atoms with Gasteiger partial charge in [-0.05, 0) is 40.5 Å². The summed E-state index contributed by atoms with van der Waals surface area (Å²) in [5.41, 5.74) is -0.254. The lowest BCUT2D eigenvalue weighted by Crippen LogP contribution is -2.46. The van der Waals surface area contributed by atoms with Gasteiger partial charge in [0.05, 0.1) is 24.4 Å². The lowest BCUT2D eigenvalue weighted by atomic mass is 10.2. The number of aliphatic hydroxyl groups is 1. The average Bonchev–Trinajstić information content (AvgIpc) is 3.05. The summed E-state index contributed by atoms with van der Waals surface area (Å²) in [5, 5.41) is 15.6. The predicted molar refractivity (Wildman–Crippen MR) is 70.3 cm³/mol. The quantitative estimate of drug-likeness (QED) is 0.619. The molecule has 1 aliphatic rings. The van der Waals surface area contributed by atoms with Crippen LogP contribution in [0.5, 0.6) is 0 Å². The van der Waals surface area contributed by atoms with Gasteiger partial charge in [-0.2, -0.15) is 0 Å². The zero-order chi connectivity index (χ0) is 13.8. The van der Waals surface area contributed by atoms with E-state index in [1.54, 1.807) is 6.92 Å². The molecule has 3 N–H and O–H groups in total. The minimum absolute atomic E-state index is 0.00133. The highest BCUT2D eigenvalue weighted by Crippen LogP contribution is 2.18. The molecular weight excluding hydrogens is 232 g/mol. The Kier molecular flexibility index (Phi) is 5.56. The molecule has 0 radical (unpaired) electrons. The maximum absolute atomic E-state index is 11.6. The van der Waals surface area contributed by atoms with Crippen LogP contribution in [0.2, 0.25) is 0 Å². The van der Waals surface area contributed by atoms with Gasteiger partial charge in [-0.25, -0.2) is 0 Å². The largest absolute Gasteiger partial charge is 0.389 e. The molecule has 0 aromatic carbocycles. The van der Waals surface area contributed by atoms with E-state index in [1.165, 1.54) is 0 Å². The van der Waals surface area contributed by atoms with Crippen molar-refractivity contribution in [3.05, 3.63) is 0 Å². The Bertz CT molecular complexity index is 272. The first-order chi connectivity index (χ1) is 8.28. The monoisotopic (exact) mass is 258 g/mol. The van der Waals surface area contributed by atoms with Crippen LogP contribution >= 0.6 is 0 Å². The number of hydrogen-bond donors (Lipinski definition) is 3. The number of hydrogen-bond acceptors (Lipinski definition) is 4. The highest BCUT2D eigenvalue weighted by molar-refractivity contribution is 5.81. The number of carbonyl (C=O) groups is 1. The maximum Gasteiger partial charge on any atom is 0.237 e. The van der Waals surface area contributed by atoms with Crippen molar-refractivity contribution in [2.75, 3.05) is 13.2 Å². The second-order valence-corrected chi connectivity index (χ2v) is 5.99. The van der Waals surface area contributed by atoms with Crippen LogP contribution in [0.15, 0.2) is 0 Å². The van der Waals surface area contributed by atoms with Crippen LogP contribution in [-0.2, 0) is 9.53 Å². The SMILES string of the molecule is CC(NCC(O)COC(C)(C)C)C(=O)NC1CC1. The van der Waals surface area contributed by atoms with Crippen molar-refractivity contribution in [3.63, 3.8) is 0 Å². The van der Waals surface area contributed by atoms with Crippen molar-refractivity contribution in [3.8, 4) is 0 Å². The number of ether oxygens (including phenoxy) is 1. The zero-order valence-corrected chi connectivity index (χ0v) is 11.8. The molecule has 1 rings (SSSR count). The second-order valence-electron chi connectivity index (χ2n) is 5.99. The van der Waals surface area contributed by atoms with Gasteiger partial charge in [0.2, 0.25) is 5.91 Å². The minimum Gasteiger partial charge on any atom is -0.389 e. The Morgan fingerprint density at radius 2 is 2.06 bits per heavy atom. The third-order valence-electron chi connectivity index (χ3n) is 2.69. The van der Waals surface area contributed by atoms with Crippen molar-refractivity contribution in [2.45, 2.75) is 64.3 Å². The van der Waals surface area contributed by atoms with Crippen LogP contribution in [-0.4, -0.2) is 48.0 Å². The number of aliphatic hydroxyl groups excluding tert-OH is 1. The topological polar surface area (TPSA) is 70.6 Å². The molecule has 2 atom stereocenters. The molecule has 1 aliphatic carbocycles. The first kappa shape index (κ1) is 15.4. The van der Waals surface area contributed by atoms with E-state index in [0.717, 1.165) is 12.8 Å². The van der Waals surface area contributed by atoms with Crippen molar-refractivity contribution in [1.29, 1.82) is 0 Å². The summed E-state index contributed by atoms with van der Waals surface area (Å²) in [4.78, 5) is 11.6. The molecule has 1 fully saturated rings. The summed E-state index contributed by atoms with van der Waals surface area (Å²) in [6, 6.07) is 0.0887. The van der Waals surface area contributed by atoms with Gasteiger partial charge in [0.15, 0.2) is 0 Å². The van der Waals surface area contributed by atoms with Gasteiger partial charge in [-0.1, -0.05) is 0 Å². The van der Waals surface area contributed by atoms with E-state index in [2.05, 4.69) is 10.6 Å². The van der Waals surface area contributed by atoms with Crippen LogP contribution in [0.25, 0.3) is 0 Å². The van der Waals surface area contributed by atoms with E-state index < -0.39 is 6.10 Å². The Morgan fingerprint density at radius 1 is 1.44 bits per heavy atom. The molecular formula is C13H26N2O3. The molecule has 1 saturated carbocycles. The van der Waals surface area contributed by atoms with E-state index in [4.69, 9.17) is 4.74 Å². The molecule has 0 heterocycles. The zero-order valence-electron chi connectivity index (χ0n) is 11.8. The number of nitrogens with one attached hydrogen (secondary N) is 2. The van der Waals surface area contributed by atoms with Gasteiger partial charge in [-0.15, -0.1) is 0 Å². The summed E-state index contributed by atoms with van der Waals surface area (Å²) in [6.07, 6.45) is 1.57. The van der Waals surface area contributed by atoms with Crippen LogP contribution in [0.3, 0.4) is 0 Å². The Balaban J connectivity index is 2.12. The summed E-state index contributed by atoms with van der Waals surface area (Å²) < 4.78 is 5.47. The van der Waals surface area contributed by atoms with Crippen molar-refractivity contribution >= 4 is 5.91 Å². The summed E-state index contributed by atoms with van der Waals surface area (Å²) in [5.74, 6) is 0.00133. The van der Waals surface area contributed by atoms with Crippen LogP contribution in [0.1, 0.15) is 40.5 Å². The highest BCUT2D eigenvalue weighted by Gasteiger charge is 2.25. The molecule has 1 amide bonds. The summed E-state index contributed by atoms with van der Waals surface area (Å²) in [6.45, 7) is 8.26. The van der Waals surface area contributed by atoms with E-state index in [9.17, 15) is 9.90 Å². The fraction of sp³-hybridized carbons (Fsp3) is 0.923. The smallest absolute Gasteiger partial charge is 0.237 e. The molecule has 5 heteroatoms. The molecule has 2 unspecified atom stereocenters. The first-order valence-corrected chi connectivity index (χ1v) is 6.64. The standard InChI is InChI=1S/C13H26N2O3/c1-9(12(17)15-10-5-6-10)14-7-11(16)8-18-13(2,3)4/h9-11,14,16H,5-8H2,1-4H3,(H,15,17). The van der Waals surface area contributed by atoms with Gasteiger partial charge in [-0.3, -0.25) is 4.79 Å². The van der Waals surface area contributed by atoms with Crippen LogP contribution < -0.4 is 10.6 Å². The molecule has 106 valence electrons. The molecule has 5 nitrogen and oxygen atoms in total. The lowest BCUT2D eigenvalue weighted by Gasteiger charge is -2.23. The van der Waals surface area contributed by atoms with E-state index in [0.29, 0.717) is 12.6 Å². The third-order valence-corrected chi connectivity index (χ3v) is 2.69. The van der Waals surface area contributed by atoms with Gasteiger partial charge in [0, 0.05) is 12.6 Å². The van der Waals surface area contributed by atoms with Crippen LogP contribution in [0.4, 0.5) is 0 Å². The molecule has 0 aliphatic heterocycles. The number of carbonyl (C=O) groups excluding carboxylic acids is 1. The van der Waals surface area contributed by atoms with Gasteiger partial charge in [0.25, 0.3) is 0 Å². The fourth-order valence-corrected chi connectivity index (χ4v) is 1.36. The lowest BCUT2D eigenvalue weighted by molar-refractivity contribution is -0.123. The predicted octanol–water partition coefficient (Wildman–Crippen LogP) is 0.419. The van der Waals surface area contributed by atoms with Crippen LogP contribution in [0, 0.1) is 0 Å². The van der Waals surface area contributed by atoms with E-state index >= 15 is 0 Å². The molecule has 18 heavy (non-hydrogen) atoms. The maximum atomic E-state index is 11.6. The van der Waals surface area contributed by atoms with Crippen molar-refractivity contribution in [2.24, 2.45) is 0 Å². The Hall–Kier alpha value is -0.650. The molecule has 0 saturated heterocycles.